The lowest BCUT2D eigenvalue weighted by Crippen LogP contribution is -2.47. The highest BCUT2D eigenvalue weighted by Gasteiger charge is 2.29. The van der Waals surface area contributed by atoms with E-state index in [1.165, 1.54) is 0 Å². The van der Waals surface area contributed by atoms with Gasteiger partial charge in [-0.05, 0) is 55.8 Å². The Bertz CT molecular complexity index is 1100. The first-order valence-corrected chi connectivity index (χ1v) is 11.7. The van der Waals surface area contributed by atoms with Crippen molar-refractivity contribution in [3.63, 3.8) is 0 Å². The number of carbonyl (C=O) groups is 1. The number of carbonyl (C=O) groups excluding carboxylic acids is 1. The summed E-state index contributed by atoms with van der Waals surface area (Å²) in [4.78, 5) is 16.8. The molecule has 0 aliphatic carbocycles. The number of amides is 1. The number of sulfonamides is 1. The van der Waals surface area contributed by atoms with Gasteiger partial charge in [-0.2, -0.15) is 0 Å². The van der Waals surface area contributed by atoms with E-state index >= 15 is 0 Å². The van der Waals surface area contributed by atoms with Crippen LogP contribution < -0.4 is 14.4 Å². The Morgan fingerprint density at radius 1 is 1.16 bits per heavy atom. The van der Waals surface area contributed by atoms with Crippen LogP contribution in [0.15, 0.2) is 67.3 Å². The molecule has 0 fully saturated rings. The van der Waals surface area contributed by atoms with E-state index in [0.29, 0.717) is 18.0 Å². The predicted octanol–water partition coefficient (Wildman–Crippen LogP) is 2.74. The van der Waals surface area contributed by atoms with Gasteiger partial charge < -0.3 is 14.6 Å². The summed E-state index contributed by atoms with van der Waals surface area (Å²) in [5.41, 5.74) is 2.26. The SMILES string of the molecule is CCOc1ccc(N([C@H](C)C(=O)NCc2ccc(-n3ccnc3)cc2)S(C)(=O)=O)cc1. The topological polar surface area (TPSA) is 93.5 Å². The minimum Gasteiger partial charge on any atom is -0.494 e. The van der Waals surface area contributed by atoms with Crippen molar-refractivity contribution < 1.29 is 17.9 Å². The lowest BCUT2D eigenvalue weighted by Gasteiger charge is -2.28. The normalized spacial score (nSPS) is 12.2. The Morgan fingerprint density at radius 2 is 1.84 bits per heavy atom. The lowest BCUT2D eigenvalue weighted by atomic mass is 10.2. The number of hydrogen-bond donors (Lipinski definition) is 1. The molecule has 1 amide bonds. The molecule has 1 atom stereocenters. The zero-order valence-corrected chi connectivity index (χ0v) is 18.5. The van der Waals surface area contributed by atoms with Gasteiger partial charge in [-0.1, -0.05) is 12.1 Å². The molecule has 1 N–H and O–H groups in total. The van der Waals surface area contributed by atoms with Gasteiger partial charge in [-0.15, -0.1) is 0 Å². The van der Waals surface area contributed by atoms with Crippen molar-refractivity contribution in [1.29, 1.82) is 0 Å². The van der Waals surface area contributed by atoms with Crippen molar-refractivity contribution in [3.8, 4) is 11.4 Å². The highest BCUT2D eigenvalue weighted by molar-refractivity contribution is 7.92. The van der Waals surface area contributed by atoms with Gasteiger partial charge in [0.2, 0.25) is 15.9 Å². The quantitative estimate of drug-likeness (QED) is 0.550. The third kappa shape index (κ3) is 5.64. The molecule has 0 unspecified atom stereocenters. The minimum absolute atomic E-state index is 0.286. The predicted molar refractivity (Wildman–Crippen MR) is 120 cm³/mol. The second-order valence-electron chi connectivity index (χ2n) is 7.02. The summed E-state index contributed by atoms with van der Waals surface area (Å²) >= 11 is 0. The van der Waals surface area contributed by atoms with E-state index in [1.54, 1.807) is 43.7 Å². The zero-order chi connectivity index (χ0) is 22.4. The molecular formula is C22H26N4O4S. The van der Waals surface area contributed by atoms with Gasteiger partial charge in [0.05, 0.1) is 24.9 Å². The summed E-state index contributed by atoms with van der Waals surface area (Å²) < 4.78 is 33.2. The largest absolute Gasteiger partial charge is 0.494 e. The number of nitrogens with zero attached hydrogens (tertiary/aromatic N) is 3. The van der Waals surface area contributed by atoms with Crippen molar-refractivity contribution in [2.24, 2.45) is 0 Å². The standard InChI is InChI=1S/C22H26N4O4S/c1-4-30-21-11-9-20(10-12-21)26(31(3,28)29)17(2)22(27)24-15-18-5-7-19(8-6-18)25-14-13-23-16-25/h5-14,16-17H,4,15H2,1-3H3,(H,24,27)/t17-/m1/s1. The van der Waals surface area contributed by atoms with Crippen LogP contribution in [0.1, 0.15) is 19.4 Å². The molecule has 9 heteroatoms. The Kier molecular flexibility index (Phi) is 6.96. The van der Waals surface area contributed by atoms with Crippen LogP contribution in [0.5, 0.6) is 5.75 Å². The maximum atomic E-state index is 12.7. The highest BCUT2D eigenvalue weighted by Crippen LogP contribution is 2.24. The molecule has 31 heavy (non-hydrogen) atoms. The number of nitrogens with one attached hydrogen (secondary N) is 1. The van der Waals surface area contributed by atoms with Gasteiger partial charge in [0.25, 0.3) is 0 Å². The first-order valence-electron chi connectivity index (χ1n) is 9.87. The number of imidazole rings is 1. The Labute approximate surface area is 182 Å². The Morgan fingerprint density at radius 3 is 2.39 bits per heavy atom. The molecule has 3 rings (SSSR count). The van der Waals surface area contributed by atoms with Gasteiger partial charge in [-0.25, -0.2) is 13.4 Å². The van der Waals surface area contributed by atoms with Gasteiger partial charge in [0.15, 0.2) is 0 Å². The van der Waals surface area contributed by atoms with Crippen molar-refractivity contribution in [3.05, 3.63) is 72.8 Å². The molecule has 2 aromatic carbocycles. The molecule has 0 spiro atoms. The van der Waals surface area contributed by atoms with E-state index in [9.17, 15) is 13.2 Å². The molecule has 8 nitrogen and oxygen atoms in total. The lowest BCUT2D eigenvalue weighted by molar-refractivity contribution is -0.122. The molecule has 164 valence electrons. The van der Waals surface area contributed by atoms with E-state index < -0.39 is 22.0 Å². The van der Waals surface area contributed by atoms with Crippen molar-refractivity contribution in [2.75, 3.05) is 17.2 Å². The first-order chi connectivity index (χ1) is 14.8. The van der Waals surface area contributed by atoms with Crippen LogP contribution in [-0.4, -0.2) is 42.8 Å². The monoisotopic (exact) mass is 442 g/mol. The Hall–Kier alpha value is -3.33. The van der Waals surface area contributed by atoms with Crippen LogP contribution in [-0.2, 0) is 21.4 Å². The fourth-order valence-electron chi connectivity index (χ4n) is 3.20. The molecule has 0 saturated heterocycles. The van der Waals surface area contributed by atoms with E-state index in [-0.39, 0.29) is 6.54 Å². The van der Waals surface area contributed by atoms with Crippen LogP contribution in [0.25, 0.3) is 5.69 Å². The molecule has 0 saturated carbocycles. The maximum absolute atomic E-state index is 12.7. The van der Waals surface area contributed by atoms with Crippen LogP contribution >= 0.6 is 0 Å². The average molecular weight is 443 g/mol. The van der Waals surface area contributed by atoms with E-state index in [0.717, 1.165) is 21.8 Å². The molecule has 0 radical (unpaired) electrons. The summed E-state index contributed by atoms with van der Waals surface area (Å²) in [7, 11) is -3.68. The van der Waals surface area contributed by atoms with Gasteiger partial charge in [-0.3, -0.25) is 9.10 Å². The van der Waals surface area contributed by atoms with Gasteiger partial charge in [0.1, 0.15) is 11.8 Å². The number of rotatable bonds is 9. The van der Waals surface area contributed by atoms with E-state index in [2.05, 4.69) is 10.3 Å². The summed E-state index contributed by atoms with van der Waals surface area (Å²) in [5, 5.41) is 2.82. The molecular weight excluding hydrogens is 416 g/mol. The molecule has 1 aromatic heterocycles. The first kappa shape index (κ1) is 22.4. The number of benzene rings is 2. The van der Waals surface area contributed by atoms with Crippen LogP contribution in [0.2, 0.25) is 0 Å². The fourth-order valence-corrected chi connectivity index (χ4v) is 4.37. The average Bonchev–Trinajstić information content (AvgIpc) is 3.28. The van der Waals surface area contributed by atoms with Crippen LogP contribution in [0.4, 0.5) is 5.69 Å². The second kappa shape index (κ2) is 9.65. The fraction of sp³-hybridized carbons (Fsp3) is 0.273. The summed E-state index contributed by atoms with van der Waals surface area (Å²) in [6.07, 6.45) is 6.34. The smallest absolute Gasteiger partial charge is 0.243 e. The summed E-state index contributed by atoms with van der Waals surface area (Å²) in [5.74, 6) is 0.244. The van der Waals surface area contributed by atoms with Crippen molar-refractivity contribution in [1.82, 2.24) is 14.9 Å². The highest BCUT2D eigenvalue weighted by atomic mass is 32.2. The second-order valence-corrected chi connectivity index (χ2v) is 8.88. The third-order valence-electron chi connectivity index (χ3n) is 4.70. The van der Waals surface area contributed by atoms with E-state index in [1.807, 2.05) is 42.0 Å². The van der Waals surface area contributed by atoms with Crippen LogP contribution in [0, 0.1) is 0 Å². The number of anilines is 1. The maximum Gasteiger partial charge on any atom is 0.243 e. The summed E-state index contributed by atoms with van der Waals surface area (Å²) in [6.45, 7) is 4.23. The number of aromatic nitrogens is 2. The Balaban J connectivity index is 1.68. The molecule has 0 bridgehead atoms. The van der Waals surface area contributed by atoms with Gasteiger partial charge in [0, 0.05) is 24.6 Å². The zero-order valence-electron chi connectivity index (χ0n) is 17.7. The number of hydrogen-bond acceptors (Lipinski definition) is 5. The number of ether oxygens (including phenoxy) is 1. The van der Waals surface area contributed by atoms with Crippen molar-refractivity contribution >= 4 is 21.6 Å². The van der Waals surface area contributed by atoms with E-state index in [4.69, 9.17) is 4.74 Å². The molecule has 1 heterocycles. The minimum atomic E-state index is -3.68. The molecule has 0 aliphatic rings. The molecule has 3 aromatic rings. The molecule has 0 aliphatic heterocycles. The van der Waals surface area contributed by atoms with Crippen molar-refractivity contribution in [2.45, 2.75) is 26.4 Å². The third-order valence-corrected chi connectivity index (χ3v) is 5.94. The van der Waals surface area contributed by atoms with Gasteiger partial charge >= 0.3 is 0 Å². The van der Waals surface area contributed by atoms with Crippen LogP contribution in [0.3, 0.4) is 0 Å². The summed E-state index contributed by atoms with van der Waals surface area (Å²) in [6, 6.07) is 13.4.